The maximum absolute atomic E-state index is 12.5. The second-order valence-electron chi connectivity index (χ2n) is 7.33. The van der Waals surface area contributed by atoms with Crippen molar-refractivity contribution in [2.75, 3.05) is 6.54 Å². The molecule has 0 unspecified atom stereocenters. The zero-order chi connectivity index (χ0) is 15.5. The van der Waals surface area contributed by atoms with Crippen LogP contribution < -0.4 is 11.1 Å². The lowest BCUT2D eigenvalue weighted by Crippen LogP contribution is -2.54. The highest BCUT2D eigenvalue weighted by molar-refractivity contribution is 5.94. The maximum atomic E-state index is 12.5. The fourth-order valence-electron chi connectivity index (χ4n) is 3.04. The Morgan fingerprint density at radius 1 is 1.14 bits per heavy atom. The SMILES string of the molecule is CC(C)(C)c1ccc(C(=O)NC2(CN)CCCCC2)cc1. The molecule has 1 saturated carbocycles. The predicted molar refractivity (Wildman–Crippen MR) is 87.5 cm³/mol. The van der Waals surface area contributed by atoms with E-state index in [0.717, 1.165) is 31.2 Å². The molecule has 3 N–H and O–H groups in total. The minimum Gasteiger partial charge on any atom is -0.345 e. The van der Waals surface area contributed by atoms with Crippen molar-refractivity contribution < 1.29 is 4.79 Å². The number of carbonyl (C=O) groups excluding carboxylic acids is 1. The van der Waals surface area contributed by atoms with Crippen molar-refractivity contribution in [3.8, 4) is 0 Å². The number of hydrogen-bond acceptors (Lipinski definition) is 2. The second-order valence-corrected chi connectivity index (χ2v) is 7.33. The standard InChI is InChI=1S/C18H28N2O/c1-17(2,3)15-9-7-14(8-10-15)16(21)20-18(13-19)11-5-4-6-12-18/h7-10H,4-6,11-13,19H2,1-3H3,(H,20,21). The molecule has 3 heteroatoms. The first kappa shape index (κ1) is 16.0. The lowest BCUT2D eigenvalue weighted by Gasteiger charge is -2.37. The molecule has 0 aliphatic heterocycles. The van der Waals surface area contributed by atoms with Gasteiger partial charge in [-0.1, -0.05) is 52.2 Å². The van der Waals surface area contributed by atoms with E-state index in [0.29, 0.717) is 6.54 Å². The van der Waals surface area contributed by atoms with Crippen LogP contribution in [-0.4, -0.2) is 18.0 Å². The third-order valence-corrected chi connectivity index (χ3v) is 4.59. The molecule has 0 heterocycles. The van der Waals surface area contributed by atoms with Crippen LogP contribution in [0.25, 0.3) is 0 Å². The molecule has 3 nitrogen and oxygen atoms in total. The van der Waals surface area contributed by atoms with Crippen molar-refractivity contribution in [2.45, 2.75) is 63.8 Å². The van der Waals surface area contributed by atoms with Crippen molar-refractivity contribution >= 4 is 5.91 Å². The molecule has 116 valence electrons. The summed E-state index contributed by atoms with van der Waals surface area (Å²) in [6.07, 6.45) is 5.55. The van der Waals surface area contributed by atoms with E-state index in [1.54, 1.807) is 0 Å². The Bertz CT molecular complexity index is 479. The average molecular weight is 288 g/mol. The Balaban J connectivity index is 2.09. The lowest BCUT2D eigenvalue weighted by atomic mass is 9.81. The summed E-state index contributed by atoms with van der Waals surface area (Å²) in [5, 5.41) is 3.19. The van der Waals surface area contributed by atoms with Crippen molar-refractivity contribution in [1.82, 2.24) is 5.32 Å². The fraction of sp³-hybridized carbons (Fsp3) is 0.611. The molecule has 1 aliphatic rings. The minimum absolute atomic E-state index is 0.00260. The lowest BCUT2D eigenvalue weighted by molar-refractivity contribution is 0.0874. The maximum Gasteiger partial charge on any atom is 0.251 e. The Hall–Kier alpha value is -1.35. The summed E-state index contributed by atoms with van der Waals surface area (Å²) in [5.41, 5.74) is 7.81. The number of rotatable bonds is 3. The van der Waals surface area contributed by atoms with Crippen LogP contribution in [0, 0.1) is 0 Å². The number of carbonyl (C=O) groups is 1. The molecule has 0 saturated heterocycles. The van der Waals surface area contributed by atoms with Crippen molar-refractivity contribution in [2.24, 2.45) is 5.73 Å². The monoisotopic (exact) mass is 288 g/mol. The van der Waals surface area contributed by atoms with Gasteiger partial charge in [0.15, 0.2) is 0 Å². The molecule has 0 aromatic heterocycles. The molecular formula is C18H28N2O. The van der Waals surface area contributed by atoms with Crippen LogP contribution in [0.4, 0.5) is 0 Å². The summed E-state index contributed by atoms with van der Waals surface area (Å²) in [6, 6.07) is 7.93. The number of benzene rings is 1. The first-order chi connectivity index (χ1) is 9.86. The third-order valence-electron chi connectivity index (χ3n) is 4.59. The van der Waals surface area contributed by atoms with E-state index in [9.17, 15) is 4.79 Å². The summed E-state index contributed by atoms with van der Waals surface area (Å²) in [4.78, 5) is 12.5. The molecule has 1 aliphatic carbocycles. The van der Waals surface area contributed by atoms with Gasteiger partial charge in [-0.3, -0.25) is 4.79 Å². The molecule has 1 amide bonds. The van der Waals surface area contributed by atoms with E-state index in [-0.39, 0.29) is 16.9 Å². The van der Waals surface area contributed by atoms with Gasteiger partial charge in [0, 0.05) is 12.1 Å². The van der Waals surface area contributed by atoms with Gasteiger partial charge < -0.3 is 11.1 Å². The van der Waals surface area contributed by atoms with Crippen molar-refractivity contribution in [3.63, 3.8) is 0 Å². The van der Waals surface area contributed by atoms with Gasteiger partial charge in [-0.05, 0) is 36.0 Å². The smallest absolute Gasteiger partial charge is 0.251 e. The van der Waals surface area contributed by atoms with Gasteiger partial charge >= 0.3 is 0 Å². The molecule has 1 fully saturated rings. The van der Waals surface area contributed by atoms with Gasteiger partial charge in [-0.2, -0.15) is 0 Å². The first-order valence-corrected chi connectivity index (χ1v) is 7.99. The highest BCUT2D eigenvalue weighted by Gasteiger charge is 2.32. The number of amides is 1. The third kappa shape index (κ3) is 3.85. The van der Waals surface area contributed by atoms with Crippen LogP contribution in [0.2, 0.25) is 0 Å². The van der Waals surface area contributed by atoms with Gasteiger partial charge in [0.25, 0.3) is 5.91 Å². The molecule has 2 rings (SSSR count). The van der Waals surface area contributed by atoms with Crippen LogP contribution in [-0.2, 0) is 5.41 Å². The Morgan fingerprint density at radius 2 is 1.71 bits per heavy atom. The molecule has 0 spiro atoms. The molecule has 0 radical (unpaired) electrons. The molecular weight excluding hydrogens is 260 g/mol. The van der Waals surface area contributed by atoms with E-state index >= 15 is 0 Å². The number of nitrogens with one attached hydrogen (secondary N) is 1. The summed E-state index contributed by atoms with van der Waals surface area (Å²) in [7, 11) is 0. The van der Waals surface area contributed by atoms with Crippen LogP contribution in [0.1, 0.15) is 68.8 Å². The summed E-state index contributed by atoms with van der Waals surface area (Å²) < 4.78 is 0. The largest absolute Gasteiger partial charge is 0.345 e. The van der Waals surface area contributed by atoms with Crippen molar-refractivity contribution in [1.29, 1.82) is 0 Å². The van der Waals surface area contributed by atoms with Crippen LogP contribution in [0.3, 0.4) is 0 Å². The molecule has 0 bridgehead atoms. The summed E-state index contributed by atoms with van der Waals surface area (Å²) >= 11 is 0. The quantitative estimate of drug-likeness (QED) is 0.896. The molecule has 1 aromatic carbocycles. The second kappa shape index (κ2) is 6.18. The van der Waals surface area contributed by atoms with E-state index in [1.807, 2.05) is 24.3 Å². The molecule has 21 heavy (non-hydrogen) atoms. The summed E-state index contributed by atoms with van der Waals surface area (Å²) in [5.74, 6) is 0.00260. The topological polar surface area (TPSA) is 55.1 Å². The number of nitrogens with two attached hydrogens (primary N) is 1. The zero-order valence-electron chi connectivity index (χ0n) is 13.5. The molecule has 0 atom stereocenters. The van der Waals surface area contributed by atoms with Gasteiger partial charge in [-0.25, -0.2) is 0 Å². The number of hydrogen-bond donors (Lipinski definition) is 2. The van der Waals surface area contributed by atoms with Crippen LogP contribution in [0.15, 0.2) is 24.3 Å². The Kier molecular flexibility index (Phi) is 4.72. The van der Waals surface area contributed by atoms with E-state index < -0.39 is 0 Å². The normalized spacial score (nSPS) is 18.3. The van der Waals surface area contributed by atoms with Gasteiger partial charge in [0.1, 0.15) is 0 Å². The first-order valence-electron chi connectivity index (χ1n) is 7.99. The van der Waals surface area contributed by atoms with Gasteiger partial charge in [-0.15, -0.1) is 0 Å². The zero-order valence-corrected chi connectivity index (χ0v) is 13.5. The Morgan fingerprint density at radius 3 is 2.19 bits per heavy atom. The van der Waals surface area contributed by atoms with Crippen LogP contribution >= 0.6 is 0 Å². The highest BCUT2D eigenvalue weighted by Crippen LogP contribution is 2.28. The van der Waals surface area contributed by atoms with Crippen LogP contribution in [0.5, 0.6) is 0 Å². The van der Waals surface area contributed by atoms with Crippen molar-refractivity contribution in [3.05, 3.63) is 35.4 Å². The minimum atomic E-state index is -0.196. The van der Waals surface area contributed by atoms with E-state index in [1.165, 1.54) is 12.0 Å². The van der Waals surface area contributed by atoms with Gasteiger partial charge in [0.2, 0.25) is 0 Å². The summed E-state index contributed by atoms with van der Waals surface area (Å²) in [6.45, 7) is 7.05. The average Bonchev–Trinajstić information content (AvgIpc) is 2.47. The van der Waals surface area contributed by atoms with Gasteiger partial charge in [0.05, 0.1) is 5.54 Å². The van der Waals surface area contributed by atoms with E-state index in [2.05, 4.69) is 26.1 Å². The Labute approximate surface area is 128 Å². The fourth-order valence-corrected chi connectivity index (χ4v) is 3.04. The molecule has 1 aromatic rings. The predicted octanol–water partition coefficient (Wildman–Crippen LogP) is 3.38. The highest BCUT2D eigenvalue weighted by atomic mass is 16.1. The van der Waals surface area contributed by atoms with E-state index in [4.69, 9.17) is 5.73 Å².